The smallest absolute Gasteiger partial charge is 0.266 e. The van der Waals surface area contributed by atoms with E-state index in [2.05, 4.69) is 0 Å². The normalized spacial score (nSPS) is 12.2. The molecule has 0 saturated heterocycles. The van der Waals surface area contributed by atoms with Crippen LogP contribution in [0.5, 0.6) is 0 Å². The van der Waals surface area contributed by atoms with E-state index in [1.165, 1.54) is 6.07 Å². The molecule has 0 aromatic heterocycles. The van der Waals surface area contributed by atoms with Crippen molar-refractivity contribution in [2.75, 3.05) is 0 Å². The lowest BCUT2D eigenvalue weighted by Crippen LogP contribution is -2.28. The lowest BCUT2D eigenvalue weighted by molar-refractivity contribution is 0.146. The molecule has 0 radical (unpaired) electrons. The third-order valence-electron chi connectivity index (χ3n) is 1.98. The Morgan fingerprint density at radius 2 is 1.86 bits per heavy atom. The minimum absolute atomic E-state index is 0.499. The van der Waals surface area contributed by atoms with Gasteiger partial charge in [-0.2, -0.15) is 0 Å². The molecule has 0 unspecified atom stereocenters. The van der Waals surface area contributed by atoms with E-state index < -0.39 is 23.3 Å². The average Bonchev–Trinajstić information content (AvgIpc) is 2.01. The van der Waals surface area contributed by atoms with Crippen LogP contribution in [-0.2, 0) is 5.54 Å². The SMILES string of the molecule is CC(C)(N)c1ccc(C(F)F)c(F)c1. The van der Waals surface area contributed by atoms with E-state index in [-0.39, 0.29) is 0 Å². The highest BCUT2D eigenvalue weighted by Gasteiger charge is 2.18. The van der Waals surface area contributed by atoms with E-state index >= 15 is 0 Å². The van der Waals surface area contributed by atoms with E-state index in [0.29, 0.717) is 5.56 Å². The van der Waals surface area contributed by atoms with Crippen LogP contribution >= 0.6 is 0 Å². The summed E-state index contributed by atoms with van der Waals surface area (Å²) in [4.78, 5) is 0. The van der Waals surface area contributed by atoms with Gasteiger partial charge in [0.25, 0.3) is 6.43 Å². The minimum Gasteiger partial charge on any atom is -0.322 e. The highest BCUT2D eigenvalue weighted by Crippen LogP contribution is 2.25. The molecule has 14 heavy (non-hydrogen) atoms. The number of nitrogens with two attached hydrogens (primary N) is 1. The van der Waals surface area contributed by atoms with Crippen molar-refractivity contribution in [1.29, 1.82) is 0 Å². The highest BCUT2D eigenvalue weighted by atomic mass is 19.3. The maximum atomic E-state index is 13.1. The van der Waals surface area contributed by atoms with Gasteiger partial charge < -0.3 is 5.73 Å². The van der Waals surface area contributed by atoms with E-state index in [4.69, 9.17) is 5.73 Å². The van der Waals surface area contributed by atoms with Gasteiger partial charge in [0.05, 0.1) is 5.56 Å². The minimum atomic E-state index is -2.79. The molecule has 0 aliphatic carbocycles. The number of rotatable bonds is 2. The maximum Gasteiger partial charge on any atom is 0.266 e. The number of alkyl halides is 2. The van der Waals surface area contributed by atoms with Crippen molar-refractivity contribution < 1.29 is 13.2 Å². The Balaban J connectivity index is 3.13. The second-order valence-electron chi connectivity index (χ2n) is 3.76. The Hall–Kier alpha value is -1.03. The third kappa shape index (κ3) is 2.26. The van der Waals surface area contributed by atoms with Gasteiger partial charge in [-0.25, -0.2) is 13.2 Å². The van der Waals surface area contributed by atoms with Gasteiger partial charge in [-0.15, -0.1) is 0 Å². The molecule has 1 rings (SSSR count). The summed E-state index contributed by atoms with van der Waals surface area (Å²) in [5.74, 6) is -0.906. The molecular weight excluding hydrogens is 191 g/mol. The molecular formula is C10H12F3N. The number of halogens is 3. The quantitative estimate of drug-likeness (QED) is 0.785. The lowest BCUT2D eigenvalue weighted by Gasteiger charge is -2.19. The van der Waals surface area contributed by atoms with Gasteiger partial charge >= 0.3 is 0 Å². The fraction of sp³-hybridized carbons (Fsp3) is 0.400. The van der Waals surface area contributed by atoms with Crippen LogP contribution in [0, 0.1) is 5.82 Å². The standard InChI is InChI=1S/C10H12F3N/c1-10(2,14)6-3-4-7(9(12)13)8(11)5-6/h3-5,9H,14H2,1-2H3. The fourth-order valence-corrected chi connectivity index (χ4v) is 1.10. The highest BCUT2D eigenvalue weighted by molar-refractivity contribution is 5.29. The molecule has 0 atom stereocenters. The van der Waals surface area contributed by atoms with Crippen LogP contribution in [0.3, 0.4) is 0 Å². The van der Waals surface area contributed by atoms with Crippen LogP contribution in [0.2, 0.25) is 0 Å². The van der Waals surface area contributed by atoms with E-state index in [0.717, 1.165) is 12.1 Å². The molecule has 0 amide bonds. The molecule has 0 saturated carbocycles. The number of benzene rings is 1. The molecule has 1 aromatic carbocycles. The molecule has 0 fully saturated rings. The van der Waals surface area contributed by atoms with Crippen molar-refractivity contribution in [3.05, 3.63) is 35.1 Å². The van der Waals surface area contributed by atoms with E-state index in [1.54, 1.807) is 13.8 Å². The molecule has 4 heteroatoms. The van der Waals surface area contributed by atoms with Crippen molar-refractivity contribution in [2.45, 2.75) is 25.8 Å². The van der Waals surface area contributed by atoms with Gasteiger partial charge in [0.2, 0.25) is 0 Å². The first-order chi connectivity index (χ1) is 6.32. The summed E-state index contributed by atoms with van der Waals surface area (Å²) in [6.07, 6.45) is -2.79. The Morgan fingerprint density at radius 3 is 2.21 bits per heavy atom. The van der Waals surface area contributed by atoms with Crippen molar-refractivity contribution >= 4 is 0 Å². The number of hydrogen-bond donors (Lipinski definition) is 1. The second-order valence-corrected chi connectivity index (χ2v) is 3.76. The average molecular weight is 203 g/mol. The summed E-state index contributed by atoms with van der Waals surface area (Å²) >= 11 is 0. The summed E-state index contributed by atoms with van der Waals surface area (Å²) in [6, 6.07) is 3.55. The van der Waals surface area contributed by atoms with Crippen LogP contribution in [0.25, 0.3) is 0 Å². The first-order valence-corrected chi connectivity index (χ1v) is 4.19. The van der Waals surface area contributed by atoms with Crippen LogP contribution in [0.15, 0.2) is 18.2 Å². The molecule has 0 heterocycles. The summed E-state index contributed by atoms with van der Waals surface area (Å²) in [6.45, 7) is 3.37. The molecule has 1 nitrogen and oxygen atoms in total. The predicted octanol–water partition coefficient (Wildman–Crippen LogP) is 2.96. The first kappa shape index (κ1) is 11.0. The van der Waals surface area contributed by atoms with Gasteiger partial charge in [-0.05, 0) is 25.5 Å². The topological polar surface area (TPSA) is 26.0 Å². The van der Waals surface area contributed by atoms with Crippen LogP contribution < -0.4 is 5.73 Å². The van der Waals surface area contributed by atoms with Gasteiger partial charge in [0.15, 0.2) is 0 Å². The lowest BCUT2D eigenvalue weighted by atomic mass is 9.94. The maximum absolute atomic E-state index is 13.1. The molecule has 0 spiro atoms. The van der Waals surface area contributed by atoms with Crippen molar-refractivity contribution in [1.82, 2.24) is 0 Å². The molecule has 2 N–H and O–H groups in total. The Bertz CT molecular complexity index is 329. The zero-order valence-electron chi connectivity index (χ0n) is 8.02. The Labute approximate surface area is 80.7 Å². The van der Waals surface area contributed by atoms with Gasteiger partial charge in [0, 0.05) is 5.54 Å². The Kier molecular flexibility index (Phi) is 2.85. The molecule has 0 aliphatic heterocycles. The monoisotopic (exact) mass is 203 g/mol. The Morgan fingerprint density at radius 1 is 1.29 bits per heavy atom. The molecule has 0 aliphatic rings. The second kappa shape index (κ2) is 3.61. The number of hydrogen-bond acceptors (Lipinski definition) is 1. The zero-order valence-corrected chi connectivity index (χ0v) is 8.02. The van der Waals surface area contributed by atoms with Gasteiger partial charge in [-0.1, -0.05) is 12.1 Å². The predicted molar refractivity (Wildman–Crippen MR) is 48.6 cm³/mol. The van der Waals surface area contributed by atoms with Gasteiger partial charge in [-0.3, -0.25) is 0 Å². The largest absolute Gasteiger partial charge is 0.322 e. The van der Waals surface area contributed by atoms with Crippen LogP contribution in [0.4, 0.5) is 13.2 Å². The van der Waals surface area contributed by atoms with Crippen molar-refractivity contribution in [2.24, 2.45) is 5.73 Å². The van der Waals surface area contributed by atoms with Crippen LogP contribution in [-0.4, -0.2) is 0 Å². The summed E-state index contributed by atoms with van der Waals surface area (Å²) in [5, 5.41) is 0. The molecule has 78 valence electrons. The zero-order chi connectivity index (χ0) is 10.9. The summed E-state index contributed by atoms with van der Waals surface area (Å²) in [7, 11) is 0. The first-order valence-electron chi connectivity index (χ1n) is 4.19. The fourth-order valence-electron chi connectivity index (χ4n) is 1.10. The molecule has 0 bridgehead atoms. The van der Waals surface area contributed by atoms with Crippen LogP contribution in [0.1, 0.15) is 31.4 Å². The third-order valence-corrected chi connectivity index (χ3v) is 1.98. The van der Waals surface area contributed by atoms with Gasteiger partial charge in [0.1, 0.15) is 5.82 Å². The van der Waals surface area contributed by atoms with Crippen molar-refractivity contribution in [3.8, 4) is 0 Å². The van der Waals surface area contributed by atoms with Crippen molar-refractivity contribution in [3.63, 3.8) is 0 Å². The van der Waals surface area contributed by atoms with E-state index in [1.807, 2.05) is 0 Å². The van der Waals surface area contributed by atoms with E-state index in [9.17, 15) is 13.2 Å². The summed E-state index contributed by atoms with van der Waals surface area (Å²) < 4.78 is 37.5. The summed E-state index contributed by atoms with van der Waals surface area (Å²) in [5.41, 5.74) is 4.89. The molecule has 1 aromatic rings.